The zero-order valence-corrected chi connectivity index (χ0v) is 15.5. The molecule has 1 aromatic carbocycles. The fourth-order valence-electron chi connectivity index (χ4n) is 3.26. The molecule has 1 aliphatic carbocycles. The molecule has 0 saturated carbocycles. The monoisotopic (exact) mass is 339 g/mol. The number of hydrogen-bond donors (Lipinski definition) is 1. The summed E-state index contributed by atoms with van der Waals surface area (Å²) in [5.41, 5.74) is 2.19. The van der Waals surface area contributed by atoms with Gasteiger partial charge in [0.2, 0.25) is 5.91 Å². The lowest BCUT2D eigenvalue weighted by Crippen LogP contribution is -2.35. The predicted molar refractivity (Wildman–Crippen MR) is 97.8 cm³/mol. The zero-order chi connectivity index (χ0) is 18.8. The third kappa shape index (κ3) is 3.95. The summed E-state index contributed by atoms with van der Waals surface area (Å²) < 4.78 is 0. The number of carbonyl (C=O) groups is 3. The van der Waals surface area contributed by atoms with E-state index >= 15 is 0 Å². The minimum absolute atomic E-state index is 0.107. The van der Waals surface area contributed by atoms with Gasteiger partial charge >= 0.3 is 0 Å². The smallest absolute Gasteiger partial charge is 0.221 e. The lowest BCUT2D eigenvalue weighted by atomic mass is 9.71. The molecular weight excluding hydrogens is 314 g/mol. The number of carbonyl (C=O) groups excluding carboxylic acids is 3. The van der Waals surface area contributed by atoms with E-state index in [4.69, 9.17) is 0 Å². The number of nitrogens with one attached hydrogen (secondary N) is 1. The maximum absolute atomic E-state index is 12.7. The van der Waals surface area contributed by atoms with Gasteiger partial charge in [0.05, 0.1) is 0 Å². The topological polar surface area (TPSA) is 63.2 Å². The van der Waals surface area contributed by atoms with Crippen LogP contribution in [0.2, 0.25) is 0 Å². The number of Topliss-reactive ketones (excluding diaryl/α,β-unsaturated/α-hetero) is 2. The van der Waals surface area contributed by atoms with E-state index in [1.165, 1.54) is 0 Å². The van der Waals surface area contributed by atoms with Gasteiger partial charge in [0.1, 0.15) is 0 Å². The van der Waals surface area contributed by atoms with Crippen LogP contribution in [0, 0.1) is 5.41 Å². The number of benzene rings is 1. The van der Waals surface area contributed by atoms with Crippen LogP contribution in [0.4, 0.5) is 0 Å². The molecule has 1 amide bonds. The highest BCUT2D eigenvalue weighted by Crippen LogP contribution is 2.38. The van der Waals surface area contributed by atoms with E-state index in [1.807, 2.05) is 44.2 Å². The van der Waals surface area contributed by atoms with Gasteiger partial charge in [-0.1, -0.05) is 44.2 Å². The number of rotatable bonds is 5. The molecule has 0 unspecified atom stereocenters. The minimum Gasteiger partial charge on any atom is -0.352 e. The van der Waals surface area contributed by atoms with Crippen LogP contribution in [0.25, 0.3) is 0 Å². The van der Waals surface area contributed by atoms with Crippen molar-refractivity contribution in [2.75, 3.05) is 0 Å². The van der Waals surface area contributed by atoms with E-state index in [2.05, 4.69) is 5.32 Å². The standard InChI is InChI=1S/C21H25NO3/c1-13-14(2)20(25)18(15(3)19(13)24)21(4,5)11-17(23)22-12-16-9-7-6-8-10-16/h6-10H,11-12H2,1-5H3,(H,22,23). The summed E-state index contributed by atoms with van der Waals surface area (Å²) >= 11 is 0. The summed E-state index contributed by atoms with van der Waals surface area (Å²) in [7, 11) is 0. The van der Waals surface area contributed by atoms with E-state index in [9.17, 15) is 14.4 Å². The summed E-state index contributed by atoms with van der Waals surface area (Å²) in [6.07, 6.45) is 0.151. The minimum atomic E-state index is -0.709. The highest BCUT2D eigenvalue weighted by Gasteiger charge is 2.38. The first kappa shape index (κ1) is 18.8. The van der Waals surface area contributed by atoms with E-state index in [-0.39, 0.29) is 23.9 Å². The first-order valence-corrected chi connectivity index (χ1v) is 8.44. The first-order chi connectivity index (χ1) is 11.6. The molecule has 2 rings (SSSR count). The maximum Gasteiger partial charge on any atom is 0.221 e. The lowest BCUT2D eigenvalue weighted by Gasteiger charge is -2.31. The van der Waals surface area contributed by atoms with Crippen molar-refractivity contribution in [2.45, 2.75) is 47.6 Å². The third-order valence-electron chi connectivity index (χ3n) is 4.80. The van der Waals surface area contributed by atoms with Crippen molar-refractivity contribution in [1.29, 1.82) is 0 Å². The molecule has 0 aliphatic heterocycles. The van der Waals surface area contributed by atoms with Gasteiger partial charge in [-0.15, -0.1) is 0 Å². The first-order valence-electron chi connectivity index (χ1n) is 8.44. The summed E-state index contributed by atoms with van der Waals surface area (Å²) in [5.74, 6) is -0.376. The highest BCUT2D eigenvalue weighted by atomic mass is 16.2. The van der Waals surface area contributed by atoms with Gasteiger partial charge in [-0.25, -0.2) is 0 Å². The van der Waals surface area contributed by atoms with Gasteiger partial charge in [-0.05, 0) is 26.3 Å². The Hall–Kier alpha value is -2.49. The fourth-order valence-corrected chi connectivity index (χ4v) is 3.26. The van der Waals surface area contributed by atoms with Crippen LogP contribution < -0.4 is 5.32 Å². The SMILES string of the molecule is CC1=C(C)C(=O)C(C(C)(C)CC(=O)NCc2ccccc2)=C(C)C1=O. The van der Waals surface area contributed by atoms with Crippen LogP contribution in [-0.4, -0.2) is 17.5 Å². The Morgan fingerprint density at radius 1 is 0.920 bits per heavy atom. The number of allylic oxidation sites excluding steroid dienone is 4. The molecule has 0 atom stereocenters. The highest BCUT2D eigenvalue weighted by molar-refractivity contribution is 6.25. The Balaban J connectivity index is 2.14. The Bertz CT molecular complexity index is 783. The van der Waals surface area contributed by atoms with Crippen LogP contribution in [0.5, 0.6) is 0 Å². The summed E-state index contributed by atoms with van der Waals surface area (Å²) in [6.45, 7) is 9.15. The van der Waals surface area contributed by atoms with Crippen LogP contribution in [0.3, 0.4) is 0 Å². The van der Waals surface area contributed by atoms with Gasteiger partial charge < -0.3 is 5.32 Å². The molecule has 0 radical (unpaired) electrons. The van der Waals surface area contributed by atoms with E-state index in [0.717, 1.165) is 5.56 Å². The van der Waals surface area contributed by atoms with E-state index in [0.29, 0.717) is 28.8 Å². The maximum atomic E-state index is 12.7. The molecule has 0 aromatic heterocycles. The molecule has 1 aromatic rings. The summed E-state index contributed by atoms with van der Waals surface area (Å²) in [5, 5.41) is 2.89. The summed E-state index contributed by atoms with van der Waals surface area (Å²) in [6, 6.07) is 9.65. The molecule has 4 heteroatoms. The Morgan fingerprint density at radius 2 is 1.48 bits per heavy atom. The van der Waals surface area contributed by atoms with E-state index < -0.39 is 5.41 Å². The molecule has 1 N–H and O–H groups in total. The number of amides is 1. The Kier molecular flexibility index (Phi) is 5.41. The average molecular weight is 339 g/mol. The van der Waals surface area contributed by atoms with Gasteiger partial charge in [-0.2, -0.15) is 0 Å². The van der Waals surface area contributed by atoms with Crippen molar-refractivity contribution in [3.8, 4) is 0 Å². The lowest BCUT2D eigenvalue weighted by molar-refractivity contribution is -0.123. The molecule has 0 fully saturated rings. The van der Waals surface area contributed by atoms with Crippen molar-refractivity contribution >= 4 is 17.5 Å². The largest absolute Gasteiger partial charge is 0.352 e. The van der Waals surface area contributed by atoms with Crippen LogP contribution >= 0.6 is 0 Å². The van der Waals surface area contributed by atoms with Crippen LogP contribution in [0.1, 0.15) is 46.6 Å². The molecule has 25 heavy (non-hydrogen) atoms. The van der Waals surface area contributed by atoms with Gasteiger partial charge in [0, 0.05) is 40.7 Å². The molecule has 0 saturated heterocycles. The van der Waals surface area contributed by atoms with Gasteiger partial charge in [0.15, 0.2) is 11.6 Å². The zero-order valence-electron chi connectivity index (χ0n) is 15.5. The van der Waals surface area contributed by atoms with Crippen molar-refractivity contribution in [3.63, 3.8) is 0 Å². The molecule has 0 heterocycles. The molecule has 4 nitrogen and oxygen atoms in total. The summed E-state index contributed by atoms with van der Waals surface area (Å²) in [4.78, 5) is 37.4. The second-order valence-electron chi connectivity index (χ2n) is 7.23. The number of ketones is 2. The van der Waals surface area contributed by atoms with Crippen molar-refractivity contribution in [1.82, 2.24) is 5.32 Å². The van der Waals surface area contributed by atoms with Crippen molar-refractivity contribution < 1.29 is 14.4 Å². The van der Waals surface area contributed by atoms with Crippen molar-refractivity contribution in [2.24, 2.45) is 5.41 Å². The predicted octanol–water partition coefficient (Wildman–Crippen LogP) is 3.52. The van der Waals surface area contributed by atoms with Crippen molar-refractivity contribution in [3.05, 3.63) is 58.2 Å². The van der Waals surface area contributed by atoms with Crippen LogP contribution in [0.15, 0.2) is 52.6 Å². The second kappa shape index (κ2) is 7.18. The normalized spacial score (nSPS) is 15.7. The third-order valence-corrected chi connectivity index (χ3v) is 4.80. The molecular formula is C21H25NO3. The Morgan fingerprint density at radius 3 is 2.08 bits per heavy atom. The number of hydrogen-bond acceptors (Lipinski definition) is 3. The Labute approximate surface area is 149 Å². The van der Waals surface area contributed by atoms with Crippen LogP contribution in [-0.2, 0) is 20.9 Å². The quantitative estimate of drug-likeness (QED) is 0.835. The second-order valence-corrected chi connectivity index (χ2v) is 7.23. The van der Waals surface area contributed by atoms with Gasteiger partial charge in [0.25, 0.3) is 0 Å². The van der Waals surface area contributed by atoms with E-state index in [1.54, 1.807) is 20.8 Å². The molecule has 132 valence electrons. The van der Waals surface area contributed by atoms with Gasteiger partial charge in [-0.3, -0.25) is 14.4 Å². The molecule has 1 aliphatic rings. The fraction of sp³-hybridized carbons (Fsp3) is 0.381. The average Bonchev–Trinajstić information content (AvgIpc) is 2.57. The molecule has 0 spiro atoms. The molecule has 0 bridgehead atoms.